The lowest BCUT2D eigenvalue weighted by Crippen LogP contribution is -2.22. The van der Waals surface area contributed by atoms with Crippen LogP contribution < -0.4 is 5.32 Å². The first-order valence-corrected chi connectivity index (χ1v) is 7.54. The molecule has 1 atom stereocenters. The molecule has 0 radical (unpaired) electrons. The van der Waals surface area contributed by atoms with E-state index < -0.39 is 0 Å². The van der Waals surface area contributed by atoms with E-state index in [1.807, 2.05) is 19.1 Å². The summed E-state index contributed by atoms with van der Waals surface area (Å²) < 4.78 is 14.7. The number of rotatable bonds is 4. The van der Waals surface area contributed by atoms with E-state index in [-0.39, 0.29) is 11.9 Å². The van der Waals surface area contributed by atoms with E-state index >= 15 is 0 Å². The molecule has 1 unspecified atom stereocenters. The Kier molecular flexibility index (Phi) is 4.78. The largest absolute Gasteiger partial charge is 0.306 e. The fourth-order valence-corrected chi connectivity index (χ4v) is 3.62. The van der Waals surface area contributed by atoms with Gasteiger partial charge in [-0.15, -0.1) is 11.3 Å². The molecule has 2 rings (SSSR count). The van der Waals surface area contributed by atoms with E-state index in [1.54, 1.807) is 12.1 Å². The molecular weight excluding hydrogens is 337 g/mol. The Morgan fingerprint density at radius 3 is 2.72 bits per heavy atom. The Balaban J connectivity index is 2.43. The second-order valence-electron chi connectivity index (χ2n) is 3.78. The maximum absolute atomic E-state index is 13.9. The van der Waals surface area contributed by atoms with Gasteiger partial charge >= 0.3 is 0 Å². The molecule has 5 heteroatoms. The molecule has 0 fully saturated rings. The van der Waals surface area contributed by atoms with Crippen molar-refractivity contribution < 1.29 is 4.39 Å². The van der Waals surface area contributed by atoms with Crippen LogP contribution in [0.4, 0.5) is 4.39 Å². The van der Waals surface area contributed by atoms with Gasteiger partial charge in [-0.25, -0.2) is 4.39 Å². The van der Waals surface area contributed by atoms with Gasteiger partial charge in [-0.05, 0) is 34.6 Å². The second-order valence-corrected chi connectivity index (χ2v) is 6.59. The summed E-state index contributed by atoms with van der Waals surface area (Å²) >= 11 is 11.0. The van der Waals surface area contributed by atoms with Gasteiger partial charge in [-0.2, -0.15) is 0 Å². The summed E-state index contributed by atoms with van der Waals surface area (Å²) in [5.74, 6) is -0.205. The lowest BCUT2D eigenvalue weighted by molar-refractivity contribution is 0.563. The van der Waals surface area contributed by atoms with Crippen LogP contribution in [-0.2, 0) is 0 Å². The topological polar surface area (TPSA) is 12.0 Å². The van der Waals surface area contributed by atoms with Gasteiger partial charge in [-0.3, -0.25) is 0 Å². The second kappa shape index (κ2) is 6.15. The van der Waals surface area contributed by atoms with Crippen molar-refractivity contribution in [3.05, 3.63) is 55.4 Å². The molecule has 1 aromatic carbocycles. The average molecular weight is 349 g/mol. The van der Waals surface area contributed by atoms with Crippen LogP contribution in [0, 0.1) is 5.82 Å². The van der Waals surface area contributed by atoms with E-state index in [2.05, 4.69) is 21.2 Å². The summed E-state index contributed by atoms with van der Waals surface area (Å²) in [4.78, 5) is 0.999. The molecule has 0 aliphatic carbocycles. The van der Waals surface area contributed by atoms with Gasteiger partial charge in [0.05, 0.1) is 14.9 Å². The van der Waals surface area contributed by atoms with Gasteiger partial charge in [-0.1, -0.05) is 36.7 Å². The number of benzene rings is 1. The molecule has 0 spiro atoms. The van der Waals surface area contributed by atoms with Gasteiger partial charge in [0, 0.05) is 10.4 Å². The molecule has 96 valence electrons. The summed E-state index contributed by atoms with van der Waals surface area (Å²) in [6.07, 6.45) is 0. The molecule has 0 aliphatic heterocycles. The smallest absolute Gasteiger partial charge is 0.128 e. The van der Waals surface area contributed by atoms with Gasteiger partial charge in [0.25, 0.3) is 0 Å². The first kappa shape index (κ1) is 14.0. The summed E-state index contributed by atoms with van der Waals surface area (Å²) in [6.45, 7) is 2.75. The molecule has 2 aromatic rings. The van der Waals surface area contributed by atoms with E-state index in [1.165, 1.54) is 17.4 Å². The van der Waals surface area contributed by atoms with Crippen molar-refractivity contribution in [2.45, 2.75) is 13.0 Å². The van der Waals surface area contributed by atoms with Crippen LogP contribution in [0.5, 0.6) is 0 Å². The Morgan fingerprint density at radius 2 is 2.17 bits per heavy atom. The number of nitrogens with one attached hydrogen (secondary N) is 1. The number of halogens is 3. The van der Waals surface area contributed by atoms with Gasteiger partial charge in [0.2, 0.25) is 0 Å². The molecule has 0 aliphatic rings. The molecule has 0 amide bonds. The van der Waals surface area contributed by atoms with Crippen molar-refractivity contribution in [2.75, 3.05) is 6.54 Å². The van der Waals surface area contributed by atoms with E-state index in [0.717, 1.165) is 15.2 Å². The molecule has 1 heterocycles. The Bertz CT molecular complexity index is 524. The predicted molar refractivity (Wildman–Crippen MR) is 78.9 cm³/mol. The molecular formula is C13H12BrClFNS. The Morgan fingerprint density at radius 1 is 1.44 bits per heavy atom. The minimum atomic E-state index is -0.205. The fraction of sp³-hybridized carbons (Fsp3) is 0.231. The Labute approximate surface area is 123 Å². The highest BCUT2D eigenvalue weighted by Gasteiger charge is 2.19. The van der Waals surface area contributed by atoms with Crippen LogP contribution in [0.15, 0.2) is 34.1 Å². The fourth-order valence-electron chi connectivity index (χ4n) is 1.78. The van der Waals surface area contributed by atoms with Gasteiger partial charge < -0.3 is 5.32 Å². The number of thiophene rings is 1. The SMILES string of the molecule is CCNC(c1cc(Cl)c(Br)s1)c1ccccc1F. The molecule has 1 N–H and O–H groups in total. The Hall–Kier alpha value is -0.420. The number of hydrogen-bond acceptors (Lipinski definition) is 2. The molecule has 1 nitrogen and oxygen atoms in total. The lowest BCUT2D eigenvalue weighted by atomic mass is 10.0. The molecule has 0 saturated carbocycles. The maximum Gasteiger partial charge on any atom is 0.128 e. The minimum absolute atomic E-state index is 0.162. The standard InChI is InChI=1S/C13H12BrClFNS/c1-2-17-12(8-5-3-4-6-10(8)16)11-7-9(15)13(14)18-11/h3-7,12,17H,2H2,1H3. The van der Waals surface area contributed by atoms with Crippen LogP contribution in [0.1, 0.15) is 23.4 Å². The zero-order valence-corrected chi connectivity index (χ0v) is 12.9. The van der Waals surface area contributed by atoms with Crippen LogP contribution in [0.25, 0.3) is 0 Å². The van der Waals surface area contributed by atoms with Crippen molar-refractivity contribution in [1.29, 1.82) is 0 Å². The van der Waals surface area contributed by atoms with E-state index in [4.69, 9.17) is 11.6 Å². The molecule has 1 aromatic heterocycles. The highest BCUT2D eigenvalue weighted by atomic mass is 79.9. The maximum atomic E-state index is 13.9. The van der Waals surface area contributed by atoms with Crippen molar-refractivity contribution in [3.63, 3.8) is 0 Å². The van der Waals surface area contributed by atoms with Crippen molar-refractivity contribution >= 4 is 38.9 Å². The van der Waals surface area contributed by atoms with Crippen LogP contribution in [0.2, 0.25) is 5.02 Å². The first-order valence-electron chi connectivity index (χ1n) is 5.56. The summed E-state index contributed by atoms with van der Waals surface area (Å²) in [7, 11) is 0. The van der Waals surface area contributed by atoms with Crippen molar-refractivity contribution in [3.8, 4) is 0 Å². The zero-order valence-electron chi connectivity index (χ0n) is 9.71. The number of hydrogen-bond donors (Lipinski definition) is 1. The molecule has 18 heavy (non-hydrogen) atoms. The zero-order chi connectivity index (χ0) is 13.1. The van der Waals surface area contributed by atoms with Crippen LogP contribution in [0.3, 0.4) is 0 Å². The third-order valence-corrected chi connectivity index (χ3v) is 5.11. The third-order valence-electron chi connectivity index (χ3n) is 2.57. The minimum Gasteiger partial charge on any atom is -0.306 e. The van der Waals surface area contributed by atoms with E-state index in [9.17, 15) is 4.39 Å². The summed E-state index contributed by atoms with van der Waals surface area (Å²) in [5, 5.41) is 3.95. The van der Waals surface area contributed by atoms with Gasteiger partial charge in [0.15, 0.2) is 0 Å². The van der Waals surface area contributed by atoms with Crippen molar-refractivity contribution in [2.24, 2.45) is 0 Å². The monoisotopic (exact) mass is 347 g/mol. The quantitative estimate of drug-likeness (QED) is 0.819. The summed E-state index contributed by atoms with van der Waals surface area (Å²) in [5.41, 5.74) is 0.643. The van der Waals surface area contributed by atoms with E-state index in [0.29, 0.717) is 10.6 Å². The predicted octanol–water partition coefficient (Wildman–Crippen LogP) is 5.00. The molecule has 0 saturated heterocycles. The van der Waals surface area contributed by atoms with Crippen LogP contribution in [-0.4, -0.2) is 6.54 Å². The summed E-state index contributed by atoms with van der Waals surface area (Å²) in [6, 6.07) is 8.51. The highest BCUT2D eigenvalue weighted by molar-refractivity contribution is 9.11. The lowest BCUT2D eigenvalue weighted by Gasteiger charge is -2.17. The molecule has 0 bridgehead atoms. The van der Waals surface area contributed by atoms with Crippen molar-refractivity contribution in [1.82, 2.24) is 5.32 Å². The highest BCUT2D eigenvalue weighted by Crippen LogP contribution is 2.37. The van der Waals surface area contributed by atoms with Crippen LogP contribution >= 0.6 is 38.9 Å². The van der Waals surface area contributed by atoms with Gasteiger partial charge in [0.1, 0.15) is 5.82 Å². The first-order chi connectivity index (χ1) is 8.63. The average Bonchev–Trinajstić information content (AvgIpc) is 2.68. The third kappa shape index (κ3) is 2.94. The normalized spacial score (nSPS) is 12.7.